The van der Waals surface area contributed by atoms with Crippen LogP contribution in [0.1, 0.15) is 50.5 Å². The highest BCUT2D eigenvalue weighted by Gasteiger charge is 2.52. The van der Waals surface area contributed by atoms with E-state index >= 15 is 0 Å². The Morgan fingerprint density at radius 2 is 1.82 bits per heavy atom. The van der Waals surface area contributed by atoms with E-state index in [1.54, 1.807) is 12.1 Å². The van der Waals surface area contributed by atoms with Crippen molar-refractivity contribution in [2.75, 3.05) is 19.4 Å². The predicted octanol–water partition coefficient (Wildman–Crippen LogP) is 2.86. The number of nitrogen functional groups attached to an aromatic ring is 1. The van der Waals surface area contributed by atoms with Crippen molar-refractivity contribution in [2.24, 2.45) is 0 Å². The number of benzene rings is 1. The first-order valence-corrected chi connectivity index (χ1v) is 9.23. The van der Waals surface area contributed by atoms with Crippen LogP contribution in [0.25, 0.3) is 6.08 Å². The van der Waals surface area contributed by atoms with Gasteiger partial charge in [-0.3, -0.25) is 4.79 Å². The van der Waals surface area contributed by atoms with Gasteiger partial charge in [0.15, 0.2) is 0 Å². The summed E-state index contributed by atoms with van der Waals surface area (Å²) in [6, 6.07) is 3.03. The minimum absolute atomic E-state index is 0.193. The van der Waals surface area contributed by atoms with Crippen LogP contribution >= 0.6 is 11.6 Å². The molecular formula is C19H26BClN2O5. The maximum absolute atomic E-state index is 12.0. The molecular weight excluding hydrogens is 382 g/mol. The standard InChI is InChI=1S/C19H26BClN2O5/c1-11(24)23-10-13(20-27-18(2,3)19(4,5)28-20)7-12-8-14(17(25)26-6)16(22)9-15(12)21/h7-9H,10,22H2,1-6H3,(H,23,24). The number of hydrogen-bond donors (Lipinski definition) is 2. The van der Waals surface area contributed by atoms with Crippen LogP contribution < -0.4 is 11.1 Å². The average Bonchev–Trinajstić information content (AvgIpc) is 2.80. The van der Waals surface area contributed by atoms with Crippen molar-refractivity contribution in [3.05, 3.63) is 33.8 Å². The Bertz CT molecular complexity index is 807. The van der Waals surface area contributed by atoms with Gasteiger partial charge in [-0.25, -0.2) is 4.79 Å². The summed E-state index contributed by atoms with van der Waals surface area (Å²) in [6.07, 6.45) is 1.73. The Hall–Kier alpha value is -2.03. The van der Waals surface area contributed by atoms with E-state index in [1.807, 2.05) is 27.7 Å². The molecule has 9 heteroatoms. The molecule has 28 heavy (non-hydrogen) atoms. The van der Waals surface area contributed by atoms with Crippen molar-refractivity contribution >= 4 is 42.4 Å². The first-order valence-electron chi connectivity index (χ1n) is 8.86. The number of esters is 1. The van der Waals surface area contributed by atoms with Crippen LogP contribution in [0.15, 0.2) is 17.6 Å². The number of hydrogen-bond acceptors (Lipinski definition) is 6. The normalized spacial score (nSPS) is 18.1. The molecule has 0 spiro atoms. The van der Waals surface area contributed by atoms with E-state index in [9.17, 15) is 9.59 Å². The molecule has 2 rings (SSSR count). The molecule has 0 aliphatic carbocycles. The van der Waals surface area contributed by atoms with Crippen molar-refractivity contribution in [3.8, 4) is 0 Å². The molecule has 152 valence electrons. The Morgan fingerprint density at radius 1 is 1.25 bits per heavy atom. The van der Waals surface area contributed by atoms with E-state index in [1.165, 1.54) is 20.1 Å². The van der Waals surface area contributed by atoms with Gasteiger partial charge < -0.3 is 25.1 Å². The lowest BCUT2D eigenvalue weighted by atomic mass is 9.77. The topological polar surface area (TPSA) is 99.9 Å². The summed E-state index contributed by atoms with van der Waals surface area (Å²) in [5, 5.41) is 3.10. The second-order valence-electron chi connectivity index (χ2n) is 7.67. The maximum atomic E-state index is 12.0. The van der Waals surface area contributed by atoms with Crippen molar-refractivity contribution in [2.45, 2.75) is 45.8 Å². The average molecular weight is 409 g/mol. The minimum atomic E-state index is -0.688. The molecule has 0 radical (unpaired) electrons. The van der Waals surface area contributed by atoms with Gasteiger partial charge in [0.2, 0.25) is 5.91 Å². The Balaban J connectivity index is 2.48. The molecule has 1 aliphatic rings. The van der Waals surface area contributed by atoms with Crippen LogP contribution in [0.3, 0.4) is 0 Å². The summed E-state index contributed by atoms with van der Waals surface area (Å²) in [5.74, 6) is -0.760. The van der Waals surface area contributed by atoms with Gasteiger partial charge in [0.05, 0.1) is 23.9 Å². The summed E-state index contributed by atoms with van der Waals surface area (Å²) < 4.78 is 16.9. The number of carbonyl (C=O) groups excluding carboxylic acids is 2. The molecule has 0 unspecified atom stereocenters. The van der Waals surface area contributed by atoms with Crippen molar-refractivity contribution in [3.63, 3.8) is 0 Å². The zero-order valence-electron chi connectivity index (χ0n) is 17.0. The van der Waals surface area contributed by atoms with Gasteiger partial charge in [0.1, 0.15) is 0 Å². The van der Waals surface area contributed by atoms with E-state index in [0.717, 1.165) is 0 Å². The van der Waals surface area contributed by atoms with Crippen LogP contribution in [-0.4, -0.2) is 43.9 Å². The highest BCUT2D eigenvalue weighted by molar-refractivity contribution is 6.56. The van der Waals surface area contributed by atoms with Crippen molar-refractivity contribution in [1.29, 1.82) is 0 Å². The largest absolute Gasteiger partial charge is 0.492 e. The van der Waals surface area contributed by atoms with E-state index in [4.69, 9.17) is 31.4 Å². The number of nitrogens with one attached hydrogen (secondary N) is 1. The quantitative estimate of drug-likeness (QED) is 0.441. The summed E-state index contributed by atoms with van der Waals surface area (Å²) in [6.45, 7) is 9.38. The van der Waals surface area contributed by atoms with E-state index in [0.29, 0.717) is 16.1 Å². The van der Waals surface area contributed by atoms with Crippen molar-refractivity contribution in [1.82, 2.24) is 5.32 Å². The molecule has 1 saturated heterocycles. The van der Waals surface area contributed by atoms with Crippen LogP contribution in [0.4, 0.5) is 5.69 Å². The van der Waals surface area contributed by atoms with Crippen LogP contribution in [0.2, 0.25) is 5.02 Å². The number of amides is 1. The van der Waals surface area contributed by atoms with Gasteiger partial charge in [0.25, 0.3) is 0 Å². The van der Waals surface area contributed by atoms with Crippen LogP contribution in [0, 0.1) is 0 Å². The third kappa shape index (κ3) is 4.68. The lowest BCUT2D eigenvalue weighted by Gasteiger charge is -2.32. The molecule has 3 N–H and O–H groups in total. The first kappa shape index (κ1) is 22.3. The Labute approximate surface area is 170 Å². The third-order valence-corrected chi connectivity index (χ3v) is 5.34. The lowest BCUT2D eigenvalue weighted by molar-refractivity contribution is -0.118. The van der Waals surface area contributed by atoms with Gasteiger partial charge in [-0.1, -0.05) is 17.7 Å². The number of carbonyl (C=O) groups is 2. The number of methoxy groups -OCH3 is 1. The first-order chi connectivity index (χ1) is 12.9. The van der Waals surface area contributed by atoms with Gasteiger partial charge in [-0.05, 0) is 50.9 Å². The third-order valence-electron chi connectivity index (χ3n) is 5.01. The van der Waals surface area contributed by atoms with Crippen LogP contribution in [-0.2, 0) is 18.8 Å². The fraction of sp³-hybridized carbons (Fsp3) is 0.474. The van der Waals surface area contributed by atoms with Gasteiger partial charge in [-0.15, -0.1) is 0 Å². The molecule has 1 aliphatic heterocycles. The molecule has 1 fully saturated rings. The Kier molecular flexibility index (Phi) is 6.48. The second-order valence-corrected chi connectivity index (χ2v) is 8.08. The van der Waals surface area contributed by atoms with Gasteiger partial charge in [-0.2, -0.15) is 0 Å². The molecule has 1 aromatic carbocycles. The molecule has 1 amide bonds. The number of anilines is 1. The summed E-state index contributed by atoms with van der Waals surface area (Å²) in [7, 11) is 0.588. The van der Waals surface area contributed by atoms with E-state index < -0.39 is 24.3 Å². The maximum Gasteiger partial charge on any atom is 0.492 e. The number of rotatable bonds is 5. The van der Waals surface area contributed by atoms with Gasteiger partial charge >= 0.3 is 13.1 Å². The fourth-order valence-corrected chi connectivity index (χ4v) is 2.85. The molecule has 0 bridgehead atoms. The van der Waals surface area contributed by atoms with Crippen LogP contribution in [0.5, 0.6) is 0 Å². The number of nitrogens with two attached hydrogens (primary N) is 1. The SMILES string of the molecule is COC(=O)c1cc(C=C(CNC(C)=O)B2OC(C)(C)C(C)(C)O2)c(Cl)cc1N. The minimum Gasteiger partial charge on any atom is -0.465 e. The monoisotopic (exact) mass is 408 g/mol. The zero-order valence-corrected chi connectivity index (χ0v) is 17.8. The van der Waals surface area contributed by atoms with Gasteiger partial charge in [0, 0.05) is 24.2 Å². The molecule has 1 heterocycles. The Morgan fingerprint density at radius 3 is 2.32 bits per heavy atom. The smallest absolute Gasteiger partial charge is 0.465 e. The molecule has 0 atom stereocenters. The molecule has 0 aromatic heterocycles. The summed E-state index contributed by atoms with van der Waals surface area (Å²) in [5.41, 5.74) is 6.38. The fourth-order valence-electron chi connectivity index (χ4n) is 2.63. The summed E-state index contributed by atoms with van der Waals surface area (Å²) in [4.78, 5) is 23.4. The van der Waals surface area contributed by atoms with Crippen molar-refractivity contribution < 1.29 is 23.6 Å². The number of ether oxygens (including phenoxy) is 1. The predicted molar refractivity (Wildman–Crippen MR) is 110 cm³/mol. The highest BCUT2D eigenvalue weighted by atomic mass is 35.5. The lowest BCUT2D eigenvalue weighted by Crippen LogP contribution is -2.41. The van der Waals surface area contributed by atoms with E-state index in [-0.39, 0.29) is 23.7 Å². The summed E-state index contributed by atoms with van der Waals surface area (Å²) >= 11 is 6.33. The second kappa shape index (κ2) is 8.15. The molecule has 1 aromatic rings. The van der Waals surface area contributed by atoms with E-state index in [2.05, 4.69) is 5.32 Å². The molecule has 0 saturated carbocycles. The molecule has 7 nitrogen and oxygen atoms in total. The highest BCUT2D eigenvalue weighted by Crippen LogP contribution is 2.39. The number of halogens is 1. The zero-order chi connectivity index (χ0) is 21.3.